The van der Waals surface area contributed by atoms with E-state index in [1.165, 1.54) is 0 Å². The summed E-state index contributed by atoms with van der Waals surface area (Å²) in [7, 11) is 1.69. The molecule has 7 nitrogen and oxygen atoms in total. The van der Waals surface area contributed by atoms with Gasteiger partial charge in [0.1, 0.15) is 5.69 Å². The molecule has 4 rings (SSSR count). The van der Waals surface area contributed by atoms with E-state index in [4.69, 9.17) is 5.73 Å². The smallest absolute Gasteiger partial charge is 0.265 e. The maximum atomic E-state index is 13.1. The summed E-state index contributed by atoms with van der Waals surface area (Å²) in [5.74, 6) is -0.876. The normalized spacial score (nSPS) is 10.8. The van der Waals surface area contributed by atoms with E-state index in [0.29, 0.717) is 33.5 Å². The first-order valence-electron chi connectivity index (χ1n) is 8.70. The van der Waals surface area contributed by atoms with Crippen molar-refractivity contribution in [2.24, 2.45) is 12.8 Å². The molecule has 4 aromatic rings. The van der Waals surface area contributed by atoms with Gasteiger partial charge in [-0.25, -0.2) is 4.98 Å². The van der Waals surface area contributed by atoms with Crippen LogP contribution in [0.25, 0.3) is 22.2 Å². The fourth-order valence-corrected chi connectivity index (χ4v) is 3.49. The van der Waals surface area contributed by atoms with Crippen molar-refractivity contribution < 1.29 is 9.59 Å². The lowest BCUT2D eigenvalue weighted by Gasteiger charge is -2.10. The summed E-state index contributed by atoms with van der Waals surface area (Å²) in [6.45, 7) is 0. The zero-order valence-electron chi connectivity index (χ0n) is 15.4. The molecular weight excluding hydrogens is 434 g/mol. The monoisotopic (exact) mass is 449 g/mol. The lowest BCUT2D eigenvalue weighted by Crippen LogP contribution is -2.14. The number of carbonyl (C=O) groups is 2. The van der Waals surface area contributed by atoms with E-state index < -0.39 is 5.91 Å². The van der Waals surface area contributed by atoms with E-state index in [2.05, 4.69) is 31.2 Å². The summed E-state index contributed by atoms with van der Waals surface area (Å²) in [5.41, 5.74) is 8.82. The van der Waals surface area contributed by atoms with Gasteiger partial charge in [-0.15, -0.1) is 0 Å². The maximum absolute atomic E-state index is 13.1. The number of aryl methyl sites for hydroxylation is 1. The Kier molecular flexibility index (Phi) is 4.85. The van der Waals surface area contributed by atoms with Gasteiger partial charge in [-0.3, -0.25) is 14.6 Å². The molecule has 3 N–H and O–H groups in total. The van der Waals surface area contributed by atoms with E-state index >= 15 is 0 Å². The molecule has 8 heteroatoms. The molecule has 0 spiro atoms. The number of anilines is 1. The van der Waals surface area contributed by atoms with Crippen LogP contribution in [0, 0.1) is 0 Å². The second kappa shape index (κ2) is 7.48. The molecular formula is C21H16BrN5O2. The van der Waals surface area contributed by atoms with Crippen molar-refractivity contribution in [2.45, 2.75) is 0 Å². The summed E-state index contributed by atoms with van der Waals surface area (Å²) in [6.07, 6.45) is 5.00. The van der Waals surface area contributed by atoms with Crippen LogP contribution in [0.15, 0.2) is 65.5 Å². The first-order valence-corrected chi connectivity index (χ1v) is 9.50. The van der Waals surface area contributed by atoms with Gasteiger partial charge >= 0.3 is 0 Å². The van der Waals surface area contributed by atoms with Crippen LogP contribution in [0.3, 0.4) is 0 Å². The summed E-state index contributed by atoms with van der Waals surface area (Å²) < 4.78 is 2.41. The molecule has 3 heterocycles. The maximum Gasteiger partial charge on any atom is 0.265 e. The molecule has 0 aliphatic heterocycles. The van der Waals surface area contributed by atoms with Crippen LogP contribution in [0.5, 0.6) is 0 Å². The highest BCUT2D eigenvalue weighted by Gasteiger charge is 2.16. The van der Waals surface area contributed by atoms with Crippen LogP contribution in [-0.2, 0) is 7.05 Å². The molecule has 0 saturated heterocycles. The number of hydrogen-bond acceptors (Lipinski definition) is 4. The average Bonchev–Trinajstić information content (AvgIpc) is 3.08. The Morgan fingerprint density at radius 1 is 1.10 bits per heavy atom. The zero-order valence-corrected chi connectivity index (χ0v) is 17.0. The Morgan fingerprint density at radius 2 is 1.86 bits per heavy atom. The Labute approximate surface area is 174 Å². The number of nitrogens with one attached hydrogen (secondary N) is 1. The molecule has 0 saturated carbocycles. The van der Waals surface area contributed by atoms with Gasteiger partial charge in [0.25, 0.3) is 11.8 Å². The van der Waals surface area contributed by atoms with Crippen LogP contribution in [-0.4, -0.2) is 26.3 Å². The van der Waals surface area contributed by atoms with Gasteiger partial charge in [0.05, 0.1) is 22.5 Å². The minimum atomic E-state index is -0.564. The molecule has 0 fully saturated rings. The number of benzene rings is 1. The SMILES string of the molecule is Cn1cc(NC(=O)c2cc(-c3ccncc3)nc3ccc(Br)cc23)cc1C(N)=O. The van der Waals surface area contributed by atoms with Gasteiger partial charge < -0.3 is 15.6 Å². The van der Waals surface area contributed by atoms with Crippen molar-refractivity contribution in [1.82, 2.24) is 14.5 Å². The van der Waals surface area contributed by atoms with Crippen LogP contribution < -0.4 is 11.1 Å². The van der Waals surface area contributed by atoms with Gasteiger partial charge in [0.2, 0.25) is 0 Å². The molecule has 0 bridgehead atoms. The van der Waals surface area contributed by atoms with Crippen molar-refractivity contribution in [2.75, 3.05) is 5.32 Å². The fraction of sp³-hybridized carbons (Fsp3) is 0.0476. The molecule has 1 aromatic carbocycles. The van der Waals surface area contributed by atoms with Crippen molar-refractivity contribution in [3.63, 3.8) is 0 Å². The minimum absolute atomic E-state index is 0.306. The van der Waals surface area contributed by atoms with E-state index in [9.17, 15) is 9.59 Å². The molecule has 0 aliphatic rings. The molecule has 29 heavy (non-hydrogen) atoms. The zero-order chi connectivity index (χ0) is 20.5. The number of pyridine rings is 2. The summed E-state index contributed by atoms with van der Waals surface area (Å²) in [6, 6.07) is 12.6. The molecule has 2 amide bonds. The van der Waals surface area contributed by atoms with Gasteiger partial charge in [0.15, 0.2) is 0 Å². The largest absolute Gasteiger partial charge is 0.364 e. The van der Waals surface area contributed by atoms with Gasteiger partial charge in [-0.1, -0.05) is 15.9 Å². The number of amides is 2. The number of hydrogen-bond donors (Lipinski definition) is 2. The van der Waals surface area contributed by atoms with Gasteiger partial charge in [0, 0.05) is 41.1 Å². The average molecular weight is 450 g/mol. The Morgan fingerprint density at radius 3 is 2.55 bits per heavy atom. The first-order chi connectivity index (χ1) is 13.9. The highest BCUT2D eigenvalue weighted by Crippen LogP contribution is 2.28. The number of rotatable bonds is 4. The summed E-state index contributed by atoms with van der Waals surface area (Å²) >= 11 is 3.45. The predicted molar refractivity (Wildman–Crippen MR) is 115 cm³/mol. The van der Waals surface area contributed by atoms with Gasteiger partial charge in [-0.05, 0) is 42.5 Å². The van der Waals surface area contributed by atoms with Crippen LogP contribution in [0.1, 0.15) is 20.8 Å². The second-order valence-corrected chi connectivity index (χ2v) is 7.41. The quantitative estimate of drug-likeness (QED) is 0.494. The van der Waals surface area contributed by atoms with E-state index in [1.807, 2.05) is 30.3 Å². The molecule has 3 aromatic heterocycles. The van der Waals surface area contributed by atoms with Crippen molar-refractivity contribution >= 4 is 44.3 Å². The third-order valence-electron chi connectivity index (χ3n) is 4.51. The Hall–Kier alpha value is -3.52. The molecule has 0 radical (unpaired) electrons. The molecule has 0 aliphatic carbocycles. The van der Waals surface area contributed by atoms with Crippen LogP contribution in [0.4, 0.5) is 5.69 Å². The fourth-order valence-electron chi connectivity index (χ4n) is 3.13. The third-order valence-corrected chi connectivity index (χ3v) is 5.00. The van der Waals surface area contributed by atoms with E-state index in [-0.39, 0.29) is 5.91 Å². The van der Waals surface area contributed by atoms with E-state index in [0.717, 1.165) is 10.0 Å². The van der Waals surface area contributed by atoms with Crippen molar-refractivity contribution in [3.8, 4) is 11.3 Å². The third kappa shape index (κ3) is 3.74. The standard InChI is InChI=1S/C21H16BrN5O2/c1-27-11-14(9-19(27)20(23)28)25-21(29)16-10-18(12-4-6-24-7-5-12)26-17-3-2-13(22)8-15(16)17/h2-11H,1H3,(H2,23,28)(H,25,29). The highest BCUT2D eigenvalue weighted by atomic mass is 79.9. The lowest BCUT2D eigenvalue weighted by atomic mass is 10.0. The van der Waals surface area contributed by atoms with E-state index in [1.54, 1.807) is 42.3 Å². The Balaban J connectivity index is 1.80. The topological polar surface area (TPSA) is 103 Å². The van der Waals surface area contributed by atoms with Crippen molar-refractivity contribution in [3.05, 3.63) is 76.8 Å². The first kappa shape index (κ1) is 18.8. The number of primary amides is 1. The summed E-state index contributed by atoms with van der Waals surface area (Å²) in [5, 5.41) is 3.55. The number of aromatic nitrogens is 3. The number of nitrogens with two attached hydrogens (primary N) is 1. The molecule has 144 valence electrons. The summed E-state index contributed by atoms with van der Waals surface area (Å²) in [4.78, 5) is 33.3. The van der Waals surface area contributed by atoms with Crippen molar-refractivity contribution in [1.29, 1.82) is 0 Å². The lowest BCUT2D eigenvalue weighted by molar-refractivity contribution is 0.0990. The molecule has 0 atom stereocenters. The van der Waals surface area contributed by atoms with Gasteiger partial charge in [-0.2, -0.15) is 0 Å². The van der Waals surface area contributed by atoms with Crippen LogP contribution >= 0.6 is 15.9 Å². The Bertz CT molecular complexity index is 1250. The number of fused-ring (bicyclic) bond motifs is 1. The highest BCUT2D eigenvalue weighted by molar-refractivity contribution is 9.10. The predicted octanol–water partition coefficient (Wildman–Crippen LogP) is 3.75. The second-order valence-electron chi connectivity index (χ2n) is 6.50. The number of halogens is 1. The number of nitrogens with zero attached hydrogens (tertiary/aromatic N) is 3. The molecule has 0 unspecified atom stereocenters. The number of carbonyl (C=O) groups excluding carboxylic acids is 2. The minimum Gasteiger partial charge on any atom is -0.364 e. The van der Waals surface area contributed by atoms with Crippen LogP contribution in [0.2, 0.25) is 0 Å².